The standard InChI is InChI=1S/C10H16N2OS/c1-8-4-7-14-9(8)10(13)12-6-3-2-5-11/h4,7H,2-3,5-6,11H2,1H3,(H,12,13). The third-order valence-electron chi connectivity index (χ3n) is 1.98. The first-order valence-electron chi connectivity index (χ1n) is 4.78. The first kappa shape index (κ1) is 11.2. The average molecular weight is 212 g/mol. The van der Waals surface area contributed by atoms with Crippen molar-refractivity contribution in [2.24, 2.45) is 5.73 Å². The fourth-order valence-corrected chi connectivity index (χ4v) is 2.00. The largest absolute Gasteiger partial charge is 0.351 e. The van der Waals surface area contributed by atoms with Crippen LogP contribution in [0.5, 0.6) is 0 Å². The van der Waals surface area contributed by atoms with Crippen LogP contribution in [0.4, 0.5) is 0 Å². The lowest BCUT2D eigenvalue weighted by molar-refractivity contribution is 0.0956. The highest BCUT2D eigenvalue weighted by molar-refractivity contribution is 7.12. The molecule has 0 aliphatic carbocycles. The summed E-state index contributed by atoms with van der Waals surface area (Å²) in [7, 11) is 0. The van der Waals surface area contributed by atoms with Gasteiger partial charge in [-0.25, -0.2) is 0 Å². The predicted molar refractivity (Wildman–Crippen MR) is 59.7 cm³/mol. The first-order chi connectivity index (χ1) is 6.75. The van der Waals surface area contributed by atoms with Gasteiger partial charge in [0.1, 0.15) is 0 Å². The maximum absolute atomic E-state index is 11.6. The number of rotatable bonds is 5. The molecule has 0 radical (unpaired) electrons. The number of amides is 1. The number of nitrogens with one attached hydrogen (secondary N) is 1. The van der Waals surface area contributed by atoms with Gasteiger partial charge in [-0.1, -0.05) is 0 Å². The van der Waals surface area contributed by atoms with E-state index in [-0.39, 0.29) is 5.91 Å². The molecule has 0 aromatic carbocycles. The van der Waals surface area contributed by atoms with E-state index in [1.54, 1.807) is 0 Å². The van der Waals surface area contributed by atoms with E-state index in [4.69, 9.17) is 5.73 Å². The number of hydrogen-bond acceptors (Lipinski definition) is 3. The van der Waals surface area contributed by atoms with E-state index in [1.807, 2.05) is 18.4 Å². The number of unbranched alkanes of at least 4 members (excludes halogenated alkanes) is 1. The van der Waals surface area contributed by atoms with E-state index in [0.29, 0.717) is 13.1 Å². The van der Waals surface area contributed by atoms with Gasteiger partial charge in [0.05, 0.1) is 4.88 Å². The molecule has 1 amide bonds. The van der Waals surface area contributed by atoms with Crippen LogP contribution in [0.15, 0.2) is 11.4 Å². The minimum atomic E-state index is 0.0366. The van der Waals surface area contributed by atoms with Gasteiger partial charge in [0.15, 0.2) is 0 Å². The van der Waals surface area contributed by atoms with Gasteiger partial charge >= 0.3 is 0 Å². The van der Waals surface area contributed by atoms with Crippen molar-refractivity contribution in [3.05, 3.63) is 21.9 Å². The van der Waals surface area contributed by atoms with E-state index in [9.17, 15) is 4.79 Å². The Morgan fingerprint density at radius 1 is 1.57 bits per heavy atom. The molecule has 3 N–H and O–H groups in total. The summed E-state index contributed by atoms with van der Waals surface area (Å²) in [5.41, 5.74) is 6.40. The Morgan fingerprint density at radius 2 is 2.36 bits per heavy atom. The fourth-order valence-electron chi connectivity index (χ4n) is 1.16. The monoisotopic (exact) mass is 212 g/mol. The Bertz CT molecular complexity index is 296. The Kier molecular flexibility index (Phi) is 4.62. The summed E-state index contributed by atoms with van der Waals surface area (Å²) in [6.07, 6.45) is 1.91. The van der Waals surface area contributed by atoms with Crippen molar-refractivity contribution in [1.29, 1.82) is 0 Å². The van der Waals surface area contributed by atoms with Crippen LogP contribution in [0.2, 0.25) is 0 Å². The molecule has 1 aromatic heterocycles. The van der Waals surface area contributed by atoms with Crippen LogP contribution in [0.1, 0.15) is 28.1 Å². The van der Waals surface area contributed by atoms with Gasteiger partial charge in [0, 0.05) is 6.54 Å². The maximum atomic E-state index is 11.6. The molecule has 0 bridgehead atoms. The zero-order valence-electron chi connectivity index (χ0n) is 8.38. The summed E-state index contributed by atoms with van der Waals surface area (Å²) in [4.78, 5) is 12.4. The zero-order chi connectivity index (χ0) is 10.4. The smallest absolute Gasteiger partial charge is 0.261 e. The second-order valence-corrected chi connectivity index (χ2v) is 4.10. The van der Waals surface area contributed by atoms with Crippen LogP contribution in [0.3, 0.4) is 0 Å². The molecule has 0 spiro atoms. The van der Waals surface area contributed by atoms with Crippen LogP contribution in [-0.2, 0) is 0 Å². The predicted octanol–water partition coefficient (Wildman–Crippen LogP) is 1.53. The van der Waals surface area contributed by atoms with Crippen LogP contribution in [-0.4, -0.2) is 19.0 Å². The van der Waals surface area contributed by atoms with Gasteiger partial charge < -0.3 is 11.1 Å². The summed E-state index contributed by atoms with van der Waals surface area (Å²) in [6.45, 7) is 3.35. The van der Waals surface area contributed by atoms with Crippen molar-refractivity contribution in [2.45, 2.75) is 19.8 Å². The Labute approximate surface area is 88.3 Å². The molecule has 0 fully saturated rings. The Hall–Kier alpha value is -0.870. The molecule has 0 unspecified atom stereocenters. The molecule has 0 atom stereocenters. The topological polar surface area (TPSA) is 55.1 Å². The summed E-state index contributed by atoms with van der Waals surface area (Å²) < 4.78 is 0. The quantitative estimate of drug-likeness (QED) is 0.727. The second kappa shape index (κ2) is 5.78. The van der Waals surface area contributed by atoms with Crippen molar-refractivity contribution in [2.75, 3.05) is 13.1 Å². The fraction of sp³-hybridized carbons (Fsp3) is 0.500. The van der Waals surface area contributed by atoms with E-state index >= 15 is 0 Å². The van der Waals surface area contributed by atoms with Crippen molar-refractivity contribution in [3.8, 4) is 0 Å². The van der Waals surface area contributed by atoms with E-state index in [0.717, 1.165) is 23.3 Å². The van der Waals surface area contributed by atoms with Gasteiger partial charge in [-0.15, -0.1) is 11.3 Å². The second-order valence-electron chi connectivity index (χ2n) is 3.18. The SMILES string of the molecule is Cc1ccsc1C(=O)NCCCCN. The summed E-state index contributed by atoms with van der Waals surface area (Å²) in [5.74, 6) is 0.0366. The molecule has 0 saturated heterocycles. The summed E-state index contributed by atoms with van der Waals surface area (Å²) in [6, 6.07) is 1.96. The highest BCUT2D eigenvalue weighted by atomic mass is 32.1. The molecule has 78 valence electrons. The van der Waals surface area contributed by atoms with Gasteiger partial charge in [-0.2, -0.15) is 0 Å². The molecule has 0 aliphatic rings. The van der Waals surface area contributed by atoms with Crippen LogP contribution < -0.4 is 11.1 Å². The van der Waals surface area contributed by atoms with E-state index < -0.39 is 0 Å². The van der Waals surface area contributed by atoms with Crippen molar-refractivity contribution in [3.63, 3.8) is 0 Å². The van der Waals surface area contributed by atoms with Crippen LogP contribution in [0.25, 0.3) is 0 Å². The van der Waals surface area contributed by atoms with Crippen LogP contribution in [0, 0.1) is 6.92 Å². The minimum absolute atomic E-state index is 0.0366. The van der Waals surface area contributed by atoms with Crippen LogP contribution >= 0.6 is 11.3 Å². The first-order valence-corrected chi connectivity index (χ1v) is 5.66. The molecule has 14 heavy (non-hydrogen) atoms. The third-order valence-corrected chi connectivity index (χ3v) is 3.00. The molecule has 0 aliphatic heterocycles. The van der Waals surface area contributed by atoms with Crippen molar-refractivity contribution >= 4 is 17.2 Å². The van der Waals surface area contributed by atoms with Gasteiger partial charge in [0.2, 0.25) is 0 Å². The summed E-state index contributed by atoms with van der Waals surface area (Å²) >= 11 is 1.48. The van der Waals surface area contributed by atoms with Crippen molar-refractivity contribution < 1.29 is 4.79 Å². The number of carbonyl (C=O) groups is 1. The van der Waals surface area contributed by atoms with E-state index in [1.165, 1.54) is 11.3 Å². The lowest BCUT2D eigenvalue weighted by Gasteiger charge is -2.03. The number of nitrogens with two attached hydrogens (primary N) is 1. The maximum Gasteiger partial charge on any atom is 0.261 e. The molecule has 1 aromatic rings. The Balaban J connectivity index is 2.32. The number of aryl methyl sites for hydroxylation is 1. The molecule has 0 saturated carbocycles. The molecule has 4 heteroatoms. The van der Waals surface area contributed by atoms with Gasteiger partial charge in [0.25, 0.3) is 5.91 Å². The van der Waals surface area contributed by atoms with Crippen molar-refractivity contribution in [1.82, 2.24) is 5.32 Å². The highest BCUT2D eigenvalue weighted by Gasteiger charge is 2.08. The number of thiophene rings is 1. The lowest BCUT2D eigenvalue weighted by atomic mass is 10.2. The van der Waals surface area contributed by atoms with E-state index in [2.05, 4.69) is 5.32 Å². The lowest BCUT2D eigenvalue weighted by Crippen LogP contribution is -2.24. The molecule has 1 rings (SSSR count). The number of carbonyl (C=O) groups excluding carboxylic acids is 1. The molecular weight excluding hydrogens is 196 g/mol. The average Bonchev–Trinajstić information content (AvgIpc) is 2.59. The summed E-state index contributed by atoms with van der Waals surface area (Å²) in [5, 5.41) is 4.81. The van der Waals surface area contributed by atoms with Gasteiger partial charge in [-0.05, 0) is 43.3 Å². The molecular formula is C10H16N2OS. The molecule has 1 heterocycles. The van der Waals surface area contributed by atoms with Gasteiger partial charge in [-0.3, -0.25) is 4.79 Å². The third kappa shape index (κ3) is 3.12. The highest BCUT2D eigenvalue weighted by Crippen LogP contribution is 2.14. The normalized spacial score (nSPS) is 10.1. The minimum Gasteiger partial charge on any atom is -0.351 e. The Morgan fingerprint density at radius 3 is 2.93 bits per heavy atom. The zero-order valence-corrected chi connectivity index (χ0v) is 9.19. The molecule has 3 nitrogen and oxygen atoms in total. The number of hydrogen-bond donors (Lipinski definition) is 2.